The van der Waals surface area contributed by atoms with Crippen molar-refractivity contribution in [2.45, 2.75) is 57.4 Å². The van der Waals surface area contributed by atoms with Crippen LogP contribution in [-0.4, -0.2) is 27.2 Å². The molecule has 22 heavy (non-hydrogen) atoms. The Bertz CT molecular complexity index is 585. The van der Waals surface area contributed by atoms with Crippen molar-refractivity contribution in [2.75, 3.05) is 6.54 Å². The van der Waals surface area contributed by atoms with Crippen molar-refractivity contribution in [3.05, 3.63) is 11.6 Å². The lowest BCUT2D eigenvalue weighted by atomic mass is 9.46. The Balaban J connectivity index is 1.67. The van der Waals surface area contributed by atoms with Crippen LogP contribution >= 0.6 is 11.6 Å². The molecule has 4 bridgehead atoms. The molecule has 0 saturated heterocycles. The fourth-order valence-electron chi connectivity index (χ4n) is 5.65. The standard InChI is InChI=1S/C16H23ClN4O/c1-2-3-18-13(22)15-5-11-4-12(6-15)8-16(7-11,9-15)21-10-19-14(17)20-21/h10-12H,2-9H2,1H3,(H,18,22)/t11-,12-,15?,16?/m1/s1. The number of carbonyl (C=O) groups excluding carboxylic acids is 1. The maximum atomic E-state index is 12.9. The molecule has 5 nitrogen and oxygen atoms in total. The molecule has 4 aliphatic rings. The van der Waals surface area contributed by atoms with Gasteiger partial charge in [0.2, 0.25) is 11.2 Å². The molecule has 4 aliphatic carbocycles. The summed E-state index contributed by atoms with van der Waals surface area (Å²) in [5, 5.41) is 7.85. The van der Waals surface area contributed by atoms with Crippen molar-refractivity contribution < 1.29 is 4.79 Å². The molecule has 2 atom stereocenters. The molecule has 0 aliphatic heterocycles. The molecule has 0 radical (unpaired) electrons. The van der Waals surface area contributed by atoms with Gasteiger partial charge in [0.25, 0.3) is 0 Å². The third-order valence-electron chi connectivity index (χ3n) is 6.00. The Morgan fingerprint density at radius 1 is 1.41 bits per heavy atom. The van der Waals surface area contributed by atoms with Crippen LogP contribution in [-0.2, 0) is 10.3 Å². The van der Waals surface area contributed by atoms with E-state index < -0.39 is 0 Å². The summed E-state index contributed by atoms with van der Waals surface area (Å²) < 4.78 is 1.97. The van der Waals surface area contributed by atoms with Gasteiger partial charge in [0.05, 0.1) is 11.0 Å². The minimum Gasteiger partial charge on any atom is -0.356 e. The van der Waals surface area contributed by atoms with Crippen LogP contribution in [0.5, 0.6) is 0 Å². The largest absolute Gasteiger partial charge is 0.356 e. The van der Waals surface area contributed by atoms with Crippen LogP contribution in [0.25, 0.3) is 0 Å². The molecule has 0 aromatic carbocycles. The zero-order valence-corrected chi connectivity index (χ0v) is 13.8. The van der Waals surface area contributed by atoms with Gasteiger partial charge < -0.3 is 5.32 Å². The monoisotopic (exact) mass is 322 g/mol. The van der Waals surface area contributed by atoms with Crippen molar-refractivity contribution in [1.82, 2.24) is 20.1 Å². The SMILES string of the molecule is CCCNC(=O)C12C[C@H]3C[C@H](C1)CC(n1cnc(Cl)n1)(C3)C2. The van der Waals surface area contributed by atoms with E-state index in [-0.39, 0.29) is 16.9 Å². The Kier molecular flexibility index (Phi) is 3.26. The molecular weight excluding hydrogens is 300 g/mol. The second-order valence-electron chi connectivity index (χ2n) is 7.68. The van der Waals surface area contributed by atoms with E-state index in [0.29, 0.717) is 17.1 Å². The summed E-state index contributed by atoms with van der Waals surface area (Å²) in [6.45, 7) is 2.87. The van der Waals surface area contributed by atoms with Gasteiger partial charge in [-0.3, -0.25) is 4.79 Å². The lowest BCUT2D eigenvalue weighted by Gasteiger charge is -2.60. The van der Waals surface area contributed by atoms with Crippen LogP contribution in [0, 0.1) is 17.3 Å². The number of halogens is 1. The van der Waals surface area contributed by atoms with Crippen LogP contribution in [0.3, 0.4) is 0 Å². The molecule has 1 heterocycles. The van der Waals surface area contributed by atoms with Crippen LogP contribution in [0.4, 0.5) is 0 Å². The summed E-state index contributed by atoms with van der Waals surface area (Å²) in [6.07, 6.45) is 9.23. The minimum absolute atomic E-state index is 0.0478. The number of rotatable bonds is 4. The van der Waals surface area contributed by atoms with Gasteiger partial charge in [-0.2, -0.15) is 0 Å². The maximum absolute atomic E-state index is 12.9. The molecule has 4 fully saturated rings. The van der Waals surface area contributed by atoms with Gasteiger partial charge in [0.15, 0.2) is 0 Å². The average molecular weight is 323 g/mol. The van der Waals surface area contributed by atoms with Crippen molar-refractivity contribution >= 4 is 17.5 Å². The zero-order chi connectivity index (χ0) is 15.4. The highest BCUT2D eigenvalue weighted by atomic mass is 35.5. The molecule has 5 rings (SSSR count). The van der Waals surface area contributed by atoms with Crippen molar-refractivity contribution in [1.29, 1.82) is 0 Å². The second kappa shape index (κ2) is 4.95. The highest BCUT2D eigenvalue weighted by Gasteiger charge is 2.61. The van der Waals surface area contributed by atoms with Crippen LogP contribution in [0.15, 0.2) is 6.33 Å². The molecule has 120 valence electrons. The molecule has 0 spiro atoms. The van der Waals surface area contributed by atoms with E-state index in [1.165, 1.54) is 6.42 Å². The predicted octanol–water partition coefficient (Wildman–Crippen LogP) is 2.75. The van der Waals surface area contributed by atoms with Gasteiger partial charge in [0.1, 0.15) is 6.33 Å². The van der Waals surface area contributed by atoms with E-state index in [0.717, 1.165) is 45.1 Å². The van der Waals surface area contributed by atoms with E-state index >= 15 is 0 Å². The van der Waals surface area contributed by atoms with E-state index in [9.17, 15) is 4.79 Å². The van der Waals surface area contributed by atoms with Crippen molar-refractivity contribution in [3.63, 3.8) is 0 Å². The lowest BCUT2D eigenvalue weighted by Crippen LogP contribution is -2.61. The fourth-order valence-corrected chi connectivity index (χ4v) is 5.77. The topological polar surface area (TPSA) is 59.8 Å². The molecule has 1 aromatic heterocycles. The van der Waals surface area contributed by atoms with Crippen LogP contribution < -0.4 is 5.32 Å². The third-order valence-corrected chi connectivity index (χ3v) is 6.17. The summed E-state index contributed by atoms with van der Waals surface area (Å²) in [5.41, 5.74) is -0.245. The highest BCUT2D eigenvalue weighted by Crippen LogP contribution is 2.64. The number of carbonyl (C=O) groups is 1. The summed E-state index contributed by atoms with van der Waals surface area (Å²) >= 11 is 5.94. The van der Waals surface area contributed by atoms with Gasteiger partial charge in [0, 0.05) is 6.54 Å². The molecule has 0 unspecified atom stereocenters. The molecule has 1 N–H and O–H groups in total. The predicted molar refractivity (Wildman–Crippen MR) is 83.4 cm³/mol. The average Bonchev–Trinajstić information content (AvgIpc) is 2.91. The lowest BCUT2D eigenvalue weighted by molar-refractivity contribution is -0.156. The van der Waals surface area contributed by atoms with E-state index in [4.69, 9.17) is 11.6 Å². The Hall–Kier alpha value is -1.10. The smallest absolute Gasteiger partial charge is 0.242 e. The van der Waals surface area contributed by atoms with Crippen LogP contribution in [0.1, 0.15) is 51.9 Å². The van der Waals surface area contributed by atoms with Crippen molar-refractivity contribution in [2.24, 2.45) is 17.3 Å². The Morgan fingerprint density at radius 2 is 2.14 bits per heavy atom. The van der Waals surface area contributed by atoms with Crippen LogP contribution in [0.2, 0.25) is 5.28 Å². The van der Waals surface area contributed by atoms with Gasteiger partial charge in [-0.05, 0) is 68.4 Å². The summed E-state index contributed by atoms with van der Waals surface area (Å²) in [4.78, 5) is 17.0. The number of amides is 1. The quantitative estimate of drug-likeness (QED) is 0.927. The second-order valence-corrected chi connectivity index (χ2v) is 8.02. The zero-order valence-electron chi connectivity index (χ0n) is 13.0. The summed E-state index contributed by atoms with van der Waals surface area (Å²) in [5.74, 6) is 1.53. The third kappa shape index (κ3) is 2.08. The van der Waals surface area contributed by atoms with Gasteiger partial charge in [-0.1, -0.05) is 6.92 Å². The summed E-state index contributed by atoms with van der Waals surface area (Å²) in [7, 11) is 0. The number of aromatic nitrogens is 3. The molecule has 6 heteroatoms. The number of hydrogen-bond donors (Lipinski definition) is 1. The van der Waals surface area contributed by atoms with E-state index in [1.54, 1.807) is 6.33 Å². The number of nitrogens with zero attached hydrogens (tertiary/aromatic N) is 3. The number of hydrogen-bond acceptors (Lipinski definition) is 3. The maximum Gasteiger partial charge on any atom is 0.242 e. The Morgan fingerprint density at radius 3 is 2.73 bits per heavy atom. The van der Waals surface area contributed by atoms with Gasteiger partial charge in [-0.25, -0.2) is 9.67 Å². The Labute approximate surface area is 135 Å². The fraction of sp³-hybridized carbons (Fsp3) is 0.812. The first kappa shape index (κ1) is 14.5. The summed E-state index contributed by atoms with van der Waals surface area (Å²) in [6, 6.07) is 0. The van der Waals surface area contributed by atoms with Gasteiger partial charge in [-0.15, -0.1) is 5.10 Å². The first-order valence-corrected chi connectivity index (χ1v) is 8.79. The molecule has 4 saturated carbocycles. The molecular formula is C16H23ClN4O. The van der Waals surface area contributed by atoms with Crippen molar-refractivity contribution in [3.8, 4) is 0 Å². The van der Waals surface area contributed by atoms with E-state index in [1.807, 2.05) is 4.68 Å². The first-order valence-electron chi connectivity index (χ1n) is 8.41. The highest BCUT2D eigenvalue weighted by molar-refractivity contribution is 6.28. The first-order chi connectivity index (χ1) is 10.6. The van der Waals surface area contributed by atoms with E-state index in [2.05, 4.69) is 22.3 Å². The normalized spacial score (nSPS) is 39.2. The molecule has 1 amide bonds. The minimum atomic E-state index is -0.197. The van der Waals surface area contributed by atoms with Gasteiger partial charge >= 0.3 is 0 Å². The number of nitrogens with one attached hydrogen (secondary N) is 1. The molecule has 1 aromatic rings.